The number of amidine groups is 2. The Hall–Kier alpha value is -3.84. The van der Waals surface area contributed by atoms with Crippen molar-refractivity contribution >= 4 is 68.9 Å². The van der Waals surface area contributed by atoms with Crippen molar-refractivity contribution in [2.75, 3.05) is 10.6 Å². The molecule has 2 aliphatic heterocycles. The fourth-order valence-electron chi connectivity index (χ4n) is 3.17. The standard InChI is InChI=1S/C22H20N6O5S2/c23-21-27-19(31)15(34-21)9-17(29)25-11-1-5-13(6-2-11)33-14-7-3-12(4-8-14)26-18(30)10-16-20(32)28-22(24)35-16/h1-8,15-16H,9-10H2,(H,25,29)(H,26,30)(H2,23,27,31)(H2,24,28,32). The third-order valence-electron chi connectivity index (χ3n) is 4.77. The number of carbonyl (C=O) groups excluding carboxylic acids is 4. The third kappa shape index (κ3) is 6.61. The molecule has 0 aromatic heterocycles. The molecular formula is C22H20N6O5S2. The van der Waals surface area contributed by atoms with Gasteiger partial charge in [0, 0.05) is 24.2 Å². The molecule has 2 aromatic rings. The summed E-state index contributed by atoms with van der Waals surface area (Å²) in [6.07, 6.45) is -0.0427. The van der Waals surface area contributed by atoms with Gasteiger partial charge >= 0.3 is 0 Å². The Morgan fingerprint density at radius 2 is 1.11 bits per heavy atom. The van der Waals surface area contributed by atoms with E-state index in [0.717, 1.165) is 23.5 Å². The molecule has 11 nitrogen and oxygen atoms in total. The van der Waals surface area contributed by atoms with Crippen molar-refractivity contribution in [3.63, 3.8) is 0 Å². The smallest absolute Gasteiger partial charge is 0.262 e. The first-order valence-electron chi connectivity index (χ1n) is 10.3. The van der Waals surface area contributed by atoms with Crippen molar-refractivity contribution in [1.82, 2.24) is 0 Å². The fourth-order valence-corrected chi connectivity index (χ4v) is 4.82. The van der Waals surface area contributed by atoms with Crippen LogP contribution >= 0.6 is 23.5 Å². The van der Waals surface area contributed by atoms with Gasteiger partial charge in [0.15, 0.2) is 10.3 Å². The molecule has 0 aliphatic carbocycles. The number of thioether (sulfide) groups is 2. The summed E-state index contributed by atoms with van der Waals surface area (Å²) in [6, 6.07) is 13.4. The quantitative estimate of drug-likeness (QED) is 0.412. The fraction of sp³-hybridized carbons (Fsp3) is 0.182. The highest BCUT2D eigenvalue weighted by Gasteiger charge is 2.30. The van der Waals surface area contributed by atoms with Crippen molar-refractivity contribution in [1.29, 1.82) is 0 Å². The van der Waals surface area contributed by atoms with Gasteiger partial charge in [0.05, 0.1) is 0 Å². The summed E-state index contributed by atoms with van der Waals surface area (Å²) in [5, 5.41) is 4.60. The number of nitrogens with two attached hydrogens (primary N) is 2. The first kappa shape index (κ1) is 24.3. The van der Waals surface area contributed by atoms with Crippen LogP contribution < -0.4 is 26.8 Å². The van der Waals surface area contributed by atoms with Crippen LogP contribution in [0.5, 0.6) is 11.5 Å². The molecule has 2 atom stereocenters. The molecule has 4 rings (SSSR count). The summed E-state index contributed by atoms with van der Waals surface area (Å²) < 4.78 is 5.79. The molecule has 2 aromatic carbocycles. The van der Waals surface area contributed by atoms with Crippen LogP contribution in [0, 0.1) is 0 Å². The van der Waals surface area contributed by atoms with Crippen LogP contribution in [0.4, 0.5) is 11.4 Å². The SMILES string of the molecule is NC1=NC(=O)C(CC(=O)Nc2ccc(Oc3ccc(NC(=O)CC4SC(N)=NC4=O)cc3)cc2)S1. The van der Waals surface area contributed by atoms with Gasteiger partial charge in [0.2, 0.25) is 11.8 Å². The lowest BCUT2D eigenvalue weighted by molar-refractivity contribution is -0.121. The Labute approximate surface area is 208 Å². The molecule has 2 aliphatic rings. The predicted molar refractivity (Wildman–Crippen MR) is 135 cm³/mol. The molecule has 0 radical (unpaired) electrons. The zero-order valence-electron chi connectivity index (χ0n) is 18.1. The normalized spacial score (nSPS) is 19.2. The number of aliphatic imine (C=N–C) groups is 2. The van der Waals surface area contributed by atoms with Crippen LogP contribution in [0.1, 0.15) is 12.8 Å². The van der Waals surface area contributed by atoms with Crippen molar-refractivity contribution in [2.24, 2.45) is 21.5 Å². The average molecular weight is 513 g/mol. The van der Waals surface area contributed by atoms with E-state index < -0.39 is 22.3 Å². The summed E-state index contributed by atoms with van der Waals surface area (Å²) in [4.78, 5) is 54.8. The van der Waals surface area contributed by atoms with Gasteiger partial charge in [-0.25, -0.2) is 0 Å². The highest BCUT2D eigenvalue weighted by atomic mass is 32.2. The Balaban J connectivity index is 1.24. The van der Waals surface area contributed by atoms with E-state index in [1.807, 2.05) is 0 Å². The summed E-state index contributed by atoms with van der Waals surface area (Å²) in [5.41, 5.74) is 12.1. The van der Waals surface area contributed by atoms with Gasteiger partial charge < -0.3 is 26.8 Å². The topological polar surface area (TPSA) is 178 Å². The number of amides is 4. The lowest BCUT2D eigenvalue weighted by Crippen LogP contribution is -2.21. The maximum atomic E-state index is 12.2. The number of anilines is 2. The Morgan fingerprint density at radius 1 is 0.743 bits per heavy atom. The Bertz CT molecular complexity index is 1130. The summed E-state index contributed by atoms with van der Waals surface area (Å²) >= 11 is 2.16. The van der Waals surface area contributed by atoms with E-state index in [0.29, 0.717) is 22.9 Å². The second-order valence-corrected chi connectivity index (χ2v) is 9.89. The van der Waals surface area contributed by atoms with Gasteiger partial charge in [-0.3, -0.25) is 19.2 Å². The minimum absolute atomic E-state index is 0.0214. The molecule has 0 spiro atoms. The van der Waals surface area contributed by atoms with Gasteiger partial charge in [0.25, 0.3) is 11.8 Å². The van der Waals surface area contributed by atoms with Crippen molar-refractivity contribution in [3.05, 3.63) is 48.5 Å². The second-order valence-electron chi connectivity index (χ2n) is 7.44. The average Bonchev–Trinajstić information content (AvgIpc) is 3.29. The molecule has 35 heavy (non-hydrogen) atoms. The number of hydrogen-bond donors (Lipinski definition) is 4. The largest absolute Gasteiger partial charge is 0.457 e. The maximum Gasteiger partial charge on any atom is 0.262 e. The van der Waals surface area contributed by atoms with Gasteiger partial charge in [-0.05, 0) is 48.5 Å². The zero-order valence-corrected chi connectivity index (χ0v) is 19.7. The summed E-state index contributed by atoms with van der Waals surface area (Å²) in [6.45, 7) is 0. The first-order chi connectivity index (χ1) is 16.7. The highest BCUT2D eigenvalue weighted by Crippen LogP contribution is 2.27. The zero-order chi connectivity index (χ0) is 24.9. The second kappa shape index (κ2) is 10.6. The van der Waals surface area contributed by atoms with E-state index in [2.05, 4.69) is 20.6 Å². The molecule has 0 saturated carbocycles. The summed E-state index contributed by atoms with van der Waals surface area (Å²) in [5.74, 6) is -0.370. The van der Waals surface area contributed by atoms with Crippen molar-refractivity contribution in [3.8, 4) is 11.5 Å². The number of rotatable bonds is 8. The van der Waals surface area contributed by atoms with E-state index in [4.69, 9.17) is 16.2 Å². The molecule has 0 fully saturated rings. The van der Waals surface area contributed by atoms with Crippen molar-refractivity contribution < 1.29 is 23.9 Å². The predicted octanol–water partition coefficient (Wildman–Crippen LogP) is 2.05. The third-order valence-corrected chi connectivity index (χ3v) is 6.74. The van der Waals surface area contributed by atoms with Crippen LogP contribution in [0.15, 0.2) is 58.5 Å². The van der Waals surface area contributed by atoms with E-state index in [1.165, 1.54) is 0 Å². The Kier molecular flexibility index (Phi) is 7.36. The van der Waals surface area contributed by atoms with E-state index >= 15 is 0 Å². The molecule has 2 unspecified atom stereocenters. The van der Waals surface area contributed by atoms with Gasteiger partial charge in [0.1, 0.15) is 22.0 Å². The molecular weight excluding hydrogens is 492 g/mol. The first-order valence-corrected chi connectivity index (χ1v) is 12.1. The lowest BCUT2D eigenvalue weighted by atomic mass is 10.2. The van der Waals surface area contributed by atoms with Crippen LogP contribution in [-0.2, 0) is 19.2 Å². The lowest BCUT2D eigenvalue weighted by Gasteiger charge is -2.11. The number of carbonyl (C=O) groups is 4. The van der Waals surface area contributed by atoms with Gasteiger partial charge in [-0.1, -0.05) is 23.5 Å². The summed E-state index contributed by atoms with van der Waals surface area (Å²) in [7, 11) is 0. The maximum absolute atomic E-state index is 12.2. The van der Waals surface area contributed by atoms with Crippen LogP contribution in [-0.4, -0.2) is 44.5 Å². The number of ether oxygens (including phenoxy) is 1. The van der Waals surface area contributed by atoms with Gasteiger partial charge in [-0.15, -0.1) is 0 Å². The molecule has 6 N–H and O–H groups in total. The van der Waals surface area contributed by atoms with E-state index in [9.17, 15) is 19.2 Å². The number of nitrogens with zero attached hydrogens (tertiary/aromatic N) is 2. The monoisotopic (exact) mass is 512 g/mol. The van der Waals surface area contributed by atoms with Gasteiger partial charge in [-0.2, -0.15) is 9.98 Å². The molecule has 4 amide bonds. The van der Waals surface area contributed by atoms with Crippen LogP contribution in [0.2, 0.25) is 0 Å². The number of hydrogen-bond acceptors (Lipinski definition) is 9. The highest BCUT2D eigenvalue weighted by molar-refractivity contribution is 8.15. The Morgan fingerprint density at radius 3 is 1.43 bits per heavy atom. The molecule has 0 bridgehead atoms. The number of benzene rings is 2. The van der Waals surface area contributed by atoms with Crippen LogP contribution in [0.25, 0.3) is 0 Å². The van der Waals surface area contributed by atoms with E-state index in [1.54, 1.807) is 48.5 Å². The minimum atomic E-state index is -0.595. The number of nitrogens with one attached hydrogen (secondary N) is 2. The molecule has 0 saturated heterocycles. The molecule has 2 heterocycles. The van der Waals surface area contributed by atoms with Crippen molar-refractivity contribution in [2.45, 2.75) is 23.3 Å². The molecule has 180 valence electrons. The molecule has 13 heteroatoms. The minimum Gasteiger partial charge on any atom is -0.457 e. The van der Waals surface area contributed by atoms with E-state index in [-0.39, 0.29) is 35.0 Å². The van der Waals surface area contributed by atoms with Crippen LogP contribution in [0.3, 0.4) is 0 Å².